The van der Waals surface area contributed by atoms with E-state index in [-0.39, 0.29) is 5.91 Å². The first-order valence-electron chi connectivity index (χ1n) is 8.32. The molecule has 0 spiro atoms. The Morgan fingerprint density at radius 2 is 1.82 bits per heavy atom. The van der Waals surface area contributed by atoms with Gasteiger partial charge in [-0.15, -0.1) is 0 Å². The fourth-order valence-electron chi connectivity index (χ4n) is 2.74. The molecule has 4 rings (SSSR count). The number of thiocarbonyl (C=S) groups is 1. The maximum absolute atomic E-state index is 12.8. The summed E-state index contributed by atoms with van der Waals surface area (Å²) in [5, 5.41) is 1.28. The van der Waals surface area contributed by atoms with Crippen molar-refractivity contribution in [1.29, 1.82) is 0 Å². The molecule has 0 atom stereocenters. The Kier molecular flexibility index (Phi) is 5.34. The molecule has 0 unspecified atom stereocenters. The highest BCUT2D eigenvalue weighted by Gasteiger charge is 2.33. The van der Waals surface area contributed by atoms with Crippen molar-refractivity contribution in [2.45, 2.75) is 6.92 Å². The zero-order chi connectivity index (χ0) is 19.8. The van der Waals surface area contributed by atoms with Crippen LogP contribution in [0.5, 0.6) is 0 Å². The second-order valence-electron chi connectivity index (χ2n) is 6.16. The summed E-state index contributed by atoms with van der Waals surface area (Å²) in [5.41, 5.74) is 2.57. The van der Waals surface area contributed by atoms with Gasteiger partial charge in [-0.1, -0.05) is 59.3 Å². The van der Waals surface area contributed by atoms with E-state index in [1.807, 2.05) is 37.3 Å². The molecule has 28 heavy (non-hydrogen) atoms. The highest BCUT2D eigenvalue weighted by Crippen LogP contribution is 2.37. The number of thioether (sulfide) groups is 1. The third-order valence-electron chi connectivity index (χ3n) is 4.24. The summed E-state index contributed by atoms with van der Waals surface area (Å²) < 4.78 is 6.36. The number of hydrogen-bond acceptors (Lipinski definition) is 4. The minimum Gasteiger partial charge on any atom is -0.457 e. The lowest BCUT2D eigenvalue weighted by Crippen LogP contribution is -2.27. The van der Waals surface area contributed by atoms with Gasteiger partial charge in [-0.3, -0.25) is 9.69 Å². The monoisotopic (exact) mass is 445 g/mol. The molecule has 1 aromatic heterocycles. The molecular weight excluding hydrogens is 433 g/mol. The largest absolute Gasteiger partial charge is 0.457 e. The predicted molar refractivity (Wildman–Crippen MR) is 121 cm³/mol. The molecule has 1 fully saturated rings. The number of carbonyl (C=O) groups is 1. The van der Waals surface area contributed by atoms with Crippen molar-refractivity contribution in [3.05, 3.63) is 80.9 Å². The Bertz CT molecular complexity index is 1120. The molecule has 3 aromatic rings. The molecule has 3 nitrogen and oxygen atoms in total. The Labute approximate surface area is 181 Å². The topological polar surface area (TPSA) is 33.5 Å². The van der Waals surface area contributed by atoms with Gasteiger partial charge in [0, 0.05) is 21.7 Å². The van der Waals surface area contributed by atoms with Crippen LogP contribution in [0.4, 0.5) is 5.69 Å². The van der Waals surface area contributed by atoms with Gasteiger partial charge in [-0.2, -0.15) is 0 Å². The van der Waals surface area contributed by atoms with Crippen molar-refractivity contribution in [2.24, 2.45) is 0 Å². The fourth-order valence-corrected chi connectivity index (χ4v) is 4.33. The van der Waals surface area contributed by atoms with Gasteiger partial charge < -0.3 is 4.42 Å². The summed E-state index contributed by atoms with van der Waals surface area (Å²) in [6, 6.07) is 16.4. The summed E-state index contributed by atoms with van der Waals surface area (Å²) in [6.45, 7) is 1.95. The van der Waals surface area contributed by atoms with Crippen LogP contribution in [0.15, 0.2) is 63.9 Å². The highest BCUT2D eigenvalue weighted by atomic mass is 35.5. The molecule has 140 valence electrons. The van der Waals surface area contributed by atoms with Gasteiger partial charge >= 0.3 is 0 Å². The van der Waals surface area contributed by atoms with Crippen molar-refractivity contribution in [1.82, 2.24) is 0 Å². The van der Waals surface area contributed by atoms with Gasteiger partial charge in [-0.25, -0.2) is 0 Å². The van der Waals surface area contributed by atoms with Crippen LogP contribution in [-0.4, -0.2) is 10.2 Å². The Balaban J connectivity index is 1.60. The summed E-state index contributed by atoms with van der Waals surface area (Å²) in [7, 11) is 0. The Morgan fingerprint density at radius 1 is 1.07 bits per heavy atom. The minimum absolute atomic E-state index is 0.186. The van der Waals surface area contributed by atoms with E-state index in [2.05, 4.69) is 0 Å². The number of nitrogens with zero attached hydrogens (tertiary/aromatic N) is 1. The second-order valence-corrected chi connectivity index (χ2v) is 8.68. The molecular formula is C21H13Cl2NO2S2. The van der Waals surface area contributed by atoms with E-state index < -0.39 is 0 Å². The van der Waals surface area contributed by atoms with Gasteiger partial charge in [0.05, 0.1) is 10.6 Å². The van der Waals surface area contributed by atoms with Crippen molar-refractivity contribution in [3.63, 3.8) is 0 Å². The van der Waals surface area contributed by atoms with Crippen LogP contribution < -0.4 is 4.90 Å². The molecule has 1 aliphatic heterocycles. The Morgan fingerprint density at radius 3 is 2.54 bits per heavy atom. The average Bonchev–Trinajstić information content (AvgIpc) is 3.24. The molecule has 1 aliphatic rings. The number of amides is 1. The van der Waals surface area contributed by atoms with Crippen LogP contribution in [0.1, 0.15) is 11.3 Å². The van der Waals surface area contributed by atoms with E-state index in [0.29, 0.717) is 36.5 Å². The van der Waals surface area contributed by atoms with Crippen molar-refractivity contribution < 1.29 is 9.21 Å². The zero-order valence-corrected chi connectivity index (χ0v) is 17.8. The van der Waals surface area contributed by atoms with Crippen LogP contribution in [0, 0.1) is 6.92 Å². The third-order valence-corrected chi connectivity index (χ3v) is 6.20. The second kappa shape index (κ2) is 7.76. The van der Waals surface area contributed by atoms with E-state index >= 15 is 0 Å². The van der Waals surface area contributed by atoms with E-state index in [9.17, 15) is 4.79 Å². The molecule has 2 aromatic carbocycles. The van der Waals surface area contributed by atoms with Crippen LogP contribution in [-0.2, 0) is 4.79 Å². The predicted octanol–water partition coefficient (Wildman–Crippen LogP) is 6.97. The summed E-state index contributed by atoms with van der Waals surface area (Å²) in [6.07, 6.45) is 1.70. The van der Waals surface area contributed by atoms with E-state index in [4.69, 9.17) is 39.8 Å². The van der Waals surface area contributed by atoms with Gasteiger partial charge in [0.2, 0.25) is 0 Å². The summed E-state index contributed by atoms with van der Waals surface area (Å²) in [5.74, 6) is 1.07. The molecule has 0 radical (unpaired) electrons. The van der Waals surface area contributed by atoms with Crippen LogP contribution in [0.2, 0.25) is 10.0 Å². The molecule has 0 bridgehead atoms. The summed E-state index contributed by atoms with van der Waals surface area (Å²) >= 11 is 18.7. The lowest BCUT2D eigenvalue weighted by atomic mass is 10.1. The smallest absolute Gasteiger partial charge is 0.270 e. The van der Waals surface area contributed by atoms with Crippen LogP contribution >= 0.6 is 47.2 Å². The van der Waals surface area contributed by atoms with Crippen molar-refractivity contribution in [3.8, 4) is 11.3 Å². The quantitative estimate of drug-likeness (QED) is 0.321. The Hall–Kier alpha value is -2.05. The number of carbonyl (C=O) groups excluding carboxylic acids is 1. The zero-order valence-electron chi connectivity index (χ0n) is 14.6. The van der Waals surface area contributed by atoms with Crippen LogP contribution in [0.25, 0.3) is 17.4 Å². The number of anilines is 1. The summed E-state index contributed by atoms with van der Waals surface area (Å²) in [4.78, 5) is 14.8. The lowest BCUT2D eigenvalue weighted by molar-refractivity contribution is -0.113. The van der Waals surface area contributed by atoms with Gasteiger partial charge in [0.1, 0.15) is 11.5 Å². The number of furan rings is 1. The molecule has 7 heteroatoms. The molecule has 0 aliphatic carbocycles. The fraction of sp³-hybridized carbons (Fsp3) is 0.0476. The van der Waals surface area contributed by atoms with E-state index in [0.717, 1.165) is 11.1 Å². The number of hydrogen-bond donors (Lipinski definition) is 0. The number of halogens is 2. The SMILES string of the molecule is Cc1ccc(-c2ccc(/C=C3/SC(=S)N(c4ccc(Cl)cc4)C3=O)o2)cc1Cl. The first kappa shape index (κ1) is 19.3. The first-order valence-corrected chi connectivity index (χ1v) is 10.3. The molecule has 1 saturated heterocycles. The third kappa shape index (κ3) is 3.76. The molecule has 1 amide bonds. The highest BCUT2D eigenvalue weighted by molar-refractivity contribution is 8.27. The van der Waals surface area contributed by atoms with E-state index in [1.165, 1.54) is 16.7 Å². The normalized spacial score (nSPS) is 15.7. The minimum atomic E-state index is -0.186. The van der Waals surface area contributed by atoms with Crippen molar-refractivity contribution >= 4 is 69.2 Å². The van der Waals surface area contributed by atoms with E-state index in [1.54, 1.807) is 30.3 Å². The number of rotatable bonds is 3. The lowest BCUT2D eigenvalue weighted by Gasteiger charge is -2.14. The maximum atomic E-state index is 12.8. The number of aryl methyl sites for hydroxylation is 1. The van der Waals surface area contributed by atoms with Gasteiger partial charge in [0.25, 0.3) is 5.91 Å². The molecule has 0 saturated carbocycles. The first-order chi connectivity index (χ1) is 13.4. The molecule has 0 N–H and O–H groups in total. The van der Waals surface area contributed by atoms with Gasteiger partial charge in [-0.05, 0) is 55.0 Å². The van der Waals surface area contributed by atoms with Gasteiger partial charge in [0.15, 0.2) is 4.32 Å². The number of benzene rings is 2. The van der Waals surface area contributed by atoms with Crippen LogP contribution in [0.3, 0.4) is 0 Å². The molecule has 2 heterocycles. The maximum Gasteiger partial charge on any atom is 0.270 e. The average molecular weight is 446 g/mol. The standard InChI is InChI=1S/C21H13Cl2NO2S2/c1-12-2-3-13(10-17(12)23)18-9-8-16(26-18)11-19-20(25)24(21(27)28-19)15-6-4-14(22)5-7-15/h2-11H,1H3/b19-11+. The van der Waals surface area contributed by atoms with Crippen molar-refractivity contribution in [2.75, 3.05) is 4.90 Å².